The third-order valence-corrected chi connectivity index (χ3v) is 11.1. The van der Waals surface area contributed by atoms with Gasteiger partial charge in [-0.3, -0.25) is 4.79 Å². The van der Waals surface area contributed by atoms with Crippen molar-refractivity contribution >= 4 is 20.3 Å². The number of rotatable bonds is 8. The third-order valence-electron chi connectivity index (χ3n) is 6.75. The summed E-state index contributed by atoms with van der Waals surface area (Å²) in [6.45, 7) is 17.5. The van der Waals surface area contributed by atoms with E-state index in [2.05, 4.69) is 53.8 Å². The highest BCUT2D eigenvalue weighted by Gasteiger charge is 2.42. The number of fused-ring (bicyclic) bond motifs is 1. The summed E-state index contributed by atoms with van der Waals surface area (Å²) in [5.41, 5.74) is 6.11. The van der Waals surface area contributed by atoms with Gasteiger partial charge in [-0.15, -0.1) is 0 Å². The molecular formula is C25H38O5Si. The van der Waals surface area contributed by atoms with E-state index >= 15 is 0 Å². The Balaban J connectivity index is 2.57. The fourth-order valence-electron chi connectivity index (χ4n) is 3.62. The smallest absolute Gasteiger partial charge is 0.342 e. The van der Waals surface area contributed by atoms with Gasteiger partial charge in [-0.2, -0.15) is 0 Å². The molecular weight excluding hydrogens is 408 g/mol. The van der Waals surface area contributed by atoms with E-state index in [9.17, 15) is 9.59 Å². The van der Waals surface area contributed by atoms with Crippen LogP contribution < -0.4 is 4.43 Å². The first-order chi connectivity index (χ1) is 14.3. The van der Waals surface area contributed by atoms with Crippen LogP contribution in [0.5, 0.6) is 5.75 Å². The van der Waals surface area contributed by atoms with Crippen LogP contribution in [0.4, 0.5) is 0 Å². The molecule has 2 rings (SSSR count). The second-order valence-corrected chi connectivity index (χ2v) is 14.6. The molecule has 0 bridgehead atoms. The molecule has 0 fully saturated rings. The van der Waals surface area contributed by atoms with Crippen molar-refractivity contribution in [1.82, 2.24) is 0 Å². The number of esters is 2. The molecule has 0 N–H and O–H groups in total. The Morgan fingerprint density at radius 1 is 1.19 bits per heavy atom. The molecule has 0 amide bonds. The first-order valence-electron chi connectivity index (χ1n) is 11.1. The van der Waals surface area contributed by atoms with Crippen LogP contribution in [0.25, 0.3) is 0 Å². The van der Waals surface area contributed by atoms with Crippen LogP contribution >= 0.6 is 0 Å². The standard InChI is InChI=1S/C25H38O5Si/c1-10-18-17(3)20-15-29-24(27)22(20)23(30-31(8,9)25(4,5)6)19(18)13-11-16(2)12-14-21(26)28-7/h11H,10,12-15H2,1-9H3. The number of carbonyl (C=O) groups excluding carboxylic acids is 2. The predicted molar refractivity (Wildman–Crippen MR) is 126 cm³/mol. The van der Waals surface area contributed by atoms with Gasteiger partial charge < -0.3 is 13.9 Å². The third kappa shape index (κ3) is 5.40. The van der Waals surface area contributed by atoms with Crippen molar-refractivity contribution in [3.63, 3.8) is 0 Å². The zero-order valence-electron chi connectivity index (χ0n) is 20.7. The Hall–Kier alpha value is -2.08. The number of hydrogen-bond donors (Lipinski definition) is 0. The lowest BCUT2D eigenvalue weighted by molar-refractivity contribution is -0.140. The molecule has 0 unspecified atom stereocenters. The van der Waals surface area contributed by atoms with E-state index in [0.717, 1.165) is 28.7 Å². The van der Waals surface area contributed by atoms with E-state index in [1.165, 1.54) is 12.7 Å². The van der Waals surface area contributed by atoms with Gasteiger partial charge in [0.1, 0.15) is 17.9 Å². The monoisotopic (exact) mass is 446 g/mol. The van der Waals surface area contributed by atoms with E-state index < -0.39 is 8.32 Å². The lowest BCUT2D eigenvalue weighted by atomic mass is 9.89. The molecule has 1 heterocycles. The lowest BCUT2D eigenvalue weighted by Crippen LogP contribution is -2.44. The van der Waals surface area contributed by atoms with Crippen LogP contribution in [0.1, 0.15) is 80.1 Å². The average molecular weight is 447 g/mol. The van der Waals surface area contributed by atoms with Crippen LogP contribution in [0.15, 0.2) is 11.6 Å². The normalized spacial score (nSPS) is 14.4. The number of carbonyl (C=O) groups is 2. The van der Waals surface area contributed by atoms with E-state index in [1.807, 2.05) is 6.92 Å². The highest BCUT2D eigenvalue weighted by atomic mass is 28.4. The van der Waals surface area contributed by atoms with Gasteiger partial charge in [-0.05, 0) is 62.4 Å². The molecule has 172 valence electrons. The number of hydrogen-bond acceptors (Lipinski definition) is 5. The highest BCUT2D eigenvalue weighted by Crippen LogP contribution is 2.44. The van der Waals surface area contributed by atoms with Crippen LogP contribution in [0.3, 0.4) is 0 Å². The summed E-state index contributed by atoms with van der Waals surface area (Å²) in [4.78, 5) is 24.2. The molecule has 0 atom stereocenters. The second kappa shape index (κ2) is 9.59. The number of cyclic esters (lactones) is 1. The Morgan fingerprint density at radius 3 is 2.39 bits per heavy atom. The Kier molecular flexibility index (Phi) is 7.79. The van der Waals surface area contributed by atoms with Gasteiger partial charge in [-0.1, -0.05) is 39.3 Å². The van der Waals surface area contributed by atoms with Crippen LogP contribution in [0, 0.1) is 6.92 Å². The minimum absolute atomic E-state index is 0.00317. The van der Waals surface area contributed by atoms with Crippen LogP contribution in [-0.2, 0) is 33.7 Å². The summed E-state index contributed by atoms with van der Waals surface area (Å²) in [7, 11) is -0.775. The van der Waals surface area contributed by atoms with Gasteiger partial charge in [0.05, 0.1) is 7.11 Å². The van der Waals surface area contributed by atoms with Crippen LogP contribution in [-0.4, -0.2) is 27.4 Å². The Morgan fingerprint density at radius 2 is 1.84 bits per heavy atom. The summed E-state index contributed by atoms with van der Waals surface area (Å²) in [6, 6.07) is 0. The molecule has 1 aliphatic heterocycles. The van der Waals surface area contributed by atoms with Crippen molar-refractivity contribution in [1.29, 1.82) is 0 Å². The van der Waals surface area contributed by atoms with Crippen molar-refractivity contribution in [2.75, 3.05) is 7.11 Å². The molecule has 0 aromatic heterocycles. The zero-order valence-corrected chi connectivity index (χ0v) is 21.7. The van der Waals surface area contributed by atoms with Crippen molar-refractivity contribution in [3.8, 4) is 5.75 Å². The average Bonchev–Trinajstić information content (AvgIpc) is 3.07. The lowest BCUT2D eigenvalue weighted by Gasteiger charge is -2.38. The summed E-state index contributed by atoms with van der Waals surface area (Å²) in [5.74, 6) is 0.214. The van der Waals surface area contributed by atoms with Gasteiger partial charge in [0, 0.05) is 17.5 Å². The molecule has 31 heavy (non-hydrogen) atoms. The number of benzene rings is 1. The molecule has 1 aromatic carbocycles. The van der Waals surface area contributed by atoms with Gasteiger partial charge >= 0.3 is 11.9 Å². The van der Waals surface area contributed by atoms with E-state index in [1.54, 1.807) is 0 Å². The topological polar surface area (TPSA) is 61.8 Å². The molecule has 0 radical (unpaired) electrons. The van der Waals surface area contributed by atoms with E-state index in [4.69, 9.17) is 13.9 Å². The summed E-state index contributed by atoms with van der Waals surface area (Å²) < 4.78 is 17.0. The molecule has 0 saturated heterocycles. The summed E-state index contributed by atoms with van der Waals surface area (Å²) >= 11 is 0. The maximum Gasteiger partial charge on any atom is 0.342 e. The number of allylic oxidation sites excluding steroid dienone is 2. The minimum Gasteiger partial charge on any atom is -0.543 e. The Labute approximate surface area is 188 Å². The molecule has 0 spiro atoms. The highest BCUT2D eigenvalue weighted by molar-refractivity contribution is 6.74. The van der Waals surface area contributed by atoms with Crippen molar-refractivity contribution in [2.45, 2.75) is 92.0 Å². The SMILES string of the molecule is CCc1c(C)c2c(c(O[Si](C)(C)C(C)(C)C)c1CC=C(C)CCC(=O)OC)C(=O)OC2. The molecule has 5 nitrogen and oxygen atoms in total. The van der Waals surface area contributed by atoms with Gasteiger partial charge in [0.2, 0.25) is 0 Å². The maximum absolute atomic E-state index is 12.7. The number of ether oxygens (including phenoxy) is 2. The quantitative estimate of drug-likeness (QED) is 0.276. The fraction of sp³-hybridized carbons (Fsp3) is 0.600. The van der Waals surface area contributed by atoms with Crippen molar-refractivity contribution in [3.05, 3.63) is 39.5 Å². The molecule has 0 aliphatic carbocycles. The summed E-state index contributed by atoms with van der Waals surface area (Å²) in [6.07, 6.45) is 4.66. The van der Waals surface area contributed by atoms with E-state index in [-0.39, 0.29) is 17.0 Å². The maximum atomic E-state index is 12.7. The Bertz CT molecular complexity index is 890. The largest absolute Gasteiger partial charge is 0.543 e. The first kappa shape index (κ1) is 25.2. The predicted octanol–water partition coefficient (Wildman–Crippen LogP) is 6.05. The minimum atomic E-state index is -2.18. The van der Waals surface area contributed by atoms with Gasteiger partial charge in [0.15, 0.2) is 0 Å². The molecule has 0 saturated carbocycles. The fourth-order valence-corrected chi connectivity index (χ4v) is 4.66. The zero-order chi connectivity index (χ0) is 23.6. The molecule has 1 aliphatic rings. The van der Waals surface area contributed by atoms with Gasteiger partial charge in [-0.25, -0.2) is 4.79 Å². The first-order valence-corrected chi connectivity index (χ1v) is 14.0. The van der Waals surface area contributed by atoms with Gasteiger partial charge in [0.25, 0.3) is 8.32 Å². The summed E-state index contributed by atoms with van der Waals surface area (Å²) in [5, 5.41) is 0.00317. The van der Waals surface area contributed by atoms with Crippen molar-refractivity contribution < 1.29 is 23.5 Å². The van der Waals surface area contributed by atoms with Crippen LogP contribution in [0.2, 0.25) is 18.1 Å². The second-order valence-electron chi connectivity index (χ2n) is 9.89. The van der Waals surface area contributed by atoms with E-state index in [0.29, 0.717) is 37.2 Å². The van der Waals surface area contributed by atoms with Crippen molar-refractivity contribution in [2.24, 2.45) is 0 Å². The number of methoxy groups -OCH3 is 1. The molecule has 6 heteroatoms. The molecule has 1 aromatic rings.